The summed E-state index contributed by atoms with van der Waals surface area (Å²) in [7, 11) is -3.52. The molecular weight excluding hydrogens is 310 g/mol. The summed E-state index contributed by atoms with van der Waals surface area (Å²) in [5.41, 5.74) is 0. The standard InChI is InChI=1S/C18H21NO3S/c20-23(21,16-11-5-2-6-12-16)19-17-13-7-8-14-18(17)22-15-9-3-1-4-10-15/h1-6,9-12,17-19H,7-8,13-14H2/t17-,18+/m1/s1. The minimum Gasteiger partial charge on any atom is -0.489 e. The van der Waals surface area contributed by atoms with Gasteiger partial charge in [-0.15, -0.1) is 0 Å². The molecule has 0 unspecified atom stereocenters. The van der Waals surface area contributed by atoms with Gasteiger partial charge in [0, 0.05) is 0 Å². The van der Waals surface area contributed by atoms with Gasteiger partial charge in [0.05, 0.1) is 10.9 Å². The Bertz CT molecular complexity index is 716. The third-order valence-electron chi connectivity index (χ3n) is 4.09. The number of rotatable bonds is 5. The van der Waals surface area contributed by atoms with E-state index in [0.29, 0.717) is 4.90 Å². The molecule has 1 aliphatic rings. The van der Waals surface area contributed by atoms with Gasteiger partial charge in [0.1, 0.15) is 11.9 Å². The second-order valence-corrected chi connectivity index (χ2v) is 7.51. The van der Waals surface area contributed by atoms with Gasteiger partial charge in [0.2, 0.25) is 10.0 Å². The van der Waals surface area contributed by atoms with Crippen LogP contribution in [0.5, 0.6) is 5.75 Å². The van der Waals surface area contributed by atoms with E-state index in [4.69, 9.17) is 4.74 Å². The zero-order chi connectivity index (χ0) is 16.1. The molecule has 5 heteroatoms. The van der Waals surface area contributed by atoms with Crippen LogP contribution in [-0.4, -0.2) is 20.6 Å². The topological polar surface area (TPSA) is 55.4 Å². The van der Waals surface area contributed by atoms with E-state index in [1.807, 2.05) is 30.3 Å². The maximum absolute atomic E-state index is 12.5. The van der Waals surface area contributed by atoms with Crippen LogP contribution in [0.4, 0.5) is 0 Å². The lowest BCUT2D eigenvalue weighted by Crippen LogP contribution is -2.47. The molecule has 0 aromatic heterocycles. The first-order valence-corrected chi connectivity index (χ1v) is 9.42. The first-order valence-electron chi connectivity index (χ1n) is 7.94. The van der Waals surface area contributed by atoms with E-state index in [1.165, 1.54) is 0 Å². The maximum Gasteiger partial charge on any atom is 0.240 e. The molecule has 4 nitrogen and oxygen atoms in total. The van der Waals surface area contributed by atoms with Gasteiger partial charge in [-0.05, 0) is 43.5 Å². The summed E-state index contributed by atoms with van der Waals surface area (Å²) >= 11 is 0. The third kappa shape index (κ3) is 4.12. The molecule has 0 saturated heterocycles. The highest BCUT2D eigenvalue weighted by atomic mass is 32.2. The van der Waals surface area contributed by atoms with Crippen molar-refractivity contribution < 1.29 is 13.2 Å². The van der Waals surface area contributed by atoms with E-state index in [9.17, 15) is 8.42 Å². The summed E-state index contributed by atoms with van der Waals surface area (Å²) < 4.78 is 33.9. The Balaban J connectivity index is 1.74. The highest BCUT2D eigenvalue weighted by molar-refractivity contribution is 7.89. The van der Waals surface area contributed by atoms with Crippen molar-refractivity contribution in [2.24, 2.45) is 0 Å². The number of nitrogens with one attached hydrogen (secondary N) is 1. The molecule has 0 aliphatic heterocycles. The number of hydrogen-bond donors (Lipinski definition) is 1. The molecule has 1 aliphatic carbocycles. The number of ether oxygens (including phenoxy) is 1. The van der Waals surface area contributed by atoms with Gasteiger partial charge >= 0.3 is 0 Å². The summed E-state index contributed by atoms with van der Waals surface area (Å²) in [6.45, 7) is 0. The highest BCUT2D eigenvalue weighted by Gasteiger charge is 2.30. The molecule has 2 atom stereocenters. The molecule has 0 spiro atoms. The van der Waals surface area contributed by atoms with Crippen LogP contribution in [-0.2, 0) is 10.0 Å². The van der Waals surface area contributed by atoms with Gasteiger partial charge in [0.15, 0.2) is 0 Å². The fourth-order valence-corrected chi connectivity index (χ4v) is 4.23. The highest BCUT2D eigenvalue weighted by Crippen LogP contribution is 2.25. The minimum absolute atomic E-state index is 0.135. The first kappa shape index (κ1) is 16.0. The summed E-state index contributed by atoms with van der Waals surface area (Å²) in [6.07, 6.45) is 3.59. The Morgan fingerprint density at radius 3 is 2.17 bits per heavy atom. The van der Waals surface area contributed by atoms with Crippen LogP contribution in [0.3, 0.4) is 0 Å². The molecule has 3 rings (SSSR count). The maximum atomic E-state index is 12.5. The molecule has 122 valence electrons. The van der Waals surface area contributed by atoms with E-state index in [-0.39, 0.29) is 12.1 Å². The molecule has 1 saturated carbocycles. The van der Waals surface area contributed by atoms with Crippen LogP contribution in [0.15, 0.2) is 65.6 Å². The lowest BCUT2D eigenvalue weighted by atomic mass is 9.93. The van der Waals surface area contributed by atoms with Crippen molar-refractivity contribution in [3.05, 3.63) is 60.7 Å². The summed E-state index contributed by atoms with van der Waals surface area (Å²) in [6, 6.07) is 17.9. The molecule has 0 heterocycles. The number of hydrogen-bond acceptors (Lipinski definition) is 3. The zero-order valence-electron chi connectivity index (χ0n) is 12.9. The Kier molecular flexibility index (Phi) is 4.98. The van der Waals surface area contributed by atoms with E-state index < -0.39 is 10.0 Å². The predicted molar refractivity (Wildman–Crippen MR) is 89.9 cm³/mol. The van der Waals surface area contributed by atoms with Gasteiger partial charge in [-0.25, -0.2) is 13.1 Å². The molecule has 2 aromatic rings. The first-order chi connectivity index (χ1) is 11.1. The molecule has 0 radical (unpaired) electrons. The van der Waals surface area contributed by atoms with Gasteiger partial charge in [0.25, 0.3) is 0 Å². The predicted octanol–water partition coefficient (Wildman–Crippen LogP) is 3.36. The average molecular weight is 331 g/mol. The normalized spacial score (nSPS) is 21.7. The minimum atomic E-state index is -3.52. The molecule has 0 bridgehead atoms. The van der Waals surface area contributed by atoms with Gasteiger partial charge < -0.3 is 4.74 Å². The van der Waals surface area contributed by atoms with Crippen molar-refractivity contribution in [1.29, 1.82) is 0 Å². The van der Waals surface area contributed by atoms with Crippen LogP contribution < -0.4 is 9.46 Å². The van der Waals surface area contributed by atoms with Crippen molar-refractivity contribution >= 4 is 10.0 Å². The third-order valence-corrected chi connectivity index (χ3v) is 5.60. The van der Waals surface area contributed by atoms with E-state index in [0.717, 1.165) is 31.4 Å². The molecule has 1 N–H and O–H groups in total. The van der Waals surface area contributed by atoms with Crippen molar-refractivity contribution in [2.75, 3.05) is 0 Å². The largest absolute Gasteiger partial charge is 0.489 e. The van der Waals surface area contributed by atoms with E-state index >= 15 is 0 Å². The fraction of sp³-hybridized carbons (Fsp3) is 0.333. The average Bonchev–Trinajstić information content (AvgIpc) is 2.58. The molecule has 0 amide bonds. The summed E-state index contributed by atoms with van der Waals surface area (Å²) in [5.74, 6) is 0.781. The van der Waals surface area contributed by atoms with Gasteiger partial charge in [-0.2, -0.15) is 0 Å². The smallest absolute Gasteiger partial charge is 0.240 e. The van der Waals surface area contributed by atoms with E-state index in [2.05, 4.69) is 4.72 Å². The molecule has 1 fully saturated rings. The van der Waals surface area contributed by atoms with Gasteiger partial charge in [-0.1, -0.05) is 42.8 Å². The second-order valence-electron chi connectivity index (χ2n) is 5.79. The van der Waals surface area contributed by atoms with Crippen LogP contribution in [0.1, 0.15) is 25.7 Å². The molecular formula is C18H21NO3S. The second kappa shape index (κ2) is 7.15. The van der Waals surface area contributed by atoms with Crippen molar-refractivity contribution in [3.8, 4) is 5.75 Å². The molecule has 2 aromatic carbocycles. The van der Waals surface area contributed by atoms with Crippen LogP contribution >= 0.6 is 0 Å². The van der Waals surface area contributed by atoms with Gasteiger partial charge in [-0.3, -0.25) is 0 Å². The van der Waals surface area contributed by atoms with Crippen LogP contribution in [0.2, 0.25) is 0 Å². The molecule has 23 heavy (non-hydrogen) atoms. The monoisotopic (exact) mass is 331 g/mol. The fourth-order valence-electron chi connectivity index (χ4n) is 2.91. The Morgan fingerprint density at radius 1 is 0.870 bits per heavy atom. The summed E-state index contributed by atoms with van der Waals surface area (Å²) in [5, 5.41) is 0. The van der Waals surface area contributed by atoms with Crippen LogP contribution in [0, 0.1) is 0 Å². The Labute approximate surface area is 137 Å². The summed E-state index contributed by atoms with van der Waals surface area (Å²) in [4.78, 5) is 0.295. The Morgan fingerprint density at radius 2 is 1.48 bits per heavy atom. The lowest BCUT2D eigenvalue weighted by Gasteiger charge is -2.32. The SMILES string of the molecule is O=S(=O)(N[C@@H]1CCCC[C@@H]1Oc1ccccc1)c1ccccc1. The number of benzene rings is 2. The number of para-hydroxylation sites is 1. The quantitative estimate of drug-likeness (QED) is 0.914. The lowest BCUT2D eigenvalue weighted by molar-refractivity contribution is 0.125. The Hall–Kier alpha value is -1.85. The number of sulfonamides is 1. The van der Waals surface area contributed by atoms with Crippen LogP contribution in [0.25, 0.3) is 0 Å². The zero-order valence-corrected chi connectivity index (χ0v) is 13.7. The van der Waals surface area contributed by atoms with E-state index in [1.54, 1.807) is 30.3 Å². The van der Waals surface area contributed by atoms with Crippen molar-refractivity contribution in [2.45, 2.75) is 42.7 Å². The van der Waals surface area contributed by atoms with Crippen molar-refractivity contribution in [1.82, 2.24) is 4.72 Å². The van der Waals surface area contributed by atoms with Crippen molar-refractivity contribution in [3.63, 3.8) is 0 Å².